The number of piperidine rings is 1. The van der Waals surface area contributed by atoms with Crippen LogP contribution in [0.15, 0.2) is 41.3 Å². The molecule has 1 atom stereocenters. The van der Waals surface area contributed by atoms with Gasteiger partial charge in [0.05, 0.1) is 18.0 Å². The summed E-state index contributed by atoms with van der Waals surface area (Å²) in [6.45, 7) is 6.16. The van der Waals surface area contributed by atoms with Crippen LogP contribution >= 0.6 is 23.4 Å². The van der Waals surface area contributed by atoms with Crippen LogP contribution in [0.5, 0.6) is 0 Å². The van der Waals surface area contributed by atoms with E-state index in [2.05, 4.69) is 17.1 Å². The summed E-state index contributed by atoms with van der Waals surface area (Å²) in [6.07, 6.45) is 3.44. The Morgan fingerprint density at radius 3 is 2.94 bits per heavy atom. The Kier molecular flexibility index (Phi) is 7.94. The van der Waals surface area contributed by atoms with Crippen LogP contribution in [0.25, 0.3) is 0 Å². The monoisotopic (exact) mass is 489 g/mol. The molecule has 0 spiro atoms. The third kappa shape index (κ3) is 5.89. The SMILES string of the molecule is CC1CCCN(CCCNC(=O)c2ccc3c(c2)N(Cc2c(F)cccc2Cl)C(=O)CS3)C1. The van der Waals surface area contributed by atoms with Crippen LogP contribution in [0.1, 0.15) is 42.1 Å². The molecule has 1 unspecified atom stereocenters. The maximum atomic E-state index is 14.3. The summed E-state index contributed by atoms with van der Waals surface area (Å²) in [6, 6.07) is 9.83. The van der Waals surface area contributed by atoms with Gasteiger partial charge in [-0.1, -0.05) is 24.6 Å². The summed E-state index contributed by atoms with van der Waals surface area (Å²) in [7, 11) is 0. The van der Waals surface area contributed by atoms with Crippen molar-refractivity contribution < 1.29 is 14.0 Å². The van der Waals surface area contributed by atoms with Gasteiger partial charge in [0.1, 0.15) is 5.82 Å². The van der Waals surface area contributed by atoms with Crippen LogP contribution in [0.2, 0.25) is 5.02 Å². The molecule has 1 fully saturated rings. The van der Waals surface area contributed by atoms with Gasteiger partial charge in [-0.05, 0) is 68.6 Å². The molecule has 0 radical (unpaired) electrons. The van der Waals surface area contributed by atoms with Crippen molar-refractivity contribution >= 4 is 40.9 Å². The number of benzene rings is 2. The van der Waals surface area contributed by atoms with Crippen molar-refractivity contribution in [3.8, 4) is 0 Å². The number of likely N-dealkylation sites (tertiary alicyclic amines) is 1. The van der Waals surface area contributed by atoms with E-state index in [1.807, 2.05) is 6.07 Å². The Morgan fingerprint density at radius 2 is 2.15 bits per heavy atom. The van der Waals surface area contributed by atoms with Crippen molar-refractivity contribution in [2.24, 2.45) is 5.92 Å². The number of amides is 2. The number of hydrogen-bond donors (Lipinski definition) is 1. The molecule has 1 N–H and O–H groups in total. The summed E-state index contributed by atoms with van der Waals surface area (Å²) < 4.78 is 14.3. The van der Waals surface area contributed by atoms with Gasteiger partial charge in [-0.2, -0.15) is 0 Å². The highest BCUT2D eigenvalue weighted by Crippen LogP contribution is 2.37. The lowest BCUT2D eigenvalue weighted by Gasteiger charge is -2.30. The number of carbonyl (C=O) groups excluding carboxylic acids is 2. The molecule has 5 nitrogen and oxygen atoms in total. The van der Waals surface area contributed by atoms with Crippen molar-refractivity contribution in [3.63, 3.8) is 0 Å². The van der Waals surface area contributed by atoms with Gasteiger partial charge >= 0.3 is 0 Å². The first-order valence-electron chi connectivity index (χ1n) is 11.4. The fourth-order valence-electron chi connectivity index (χ4n) is 4.45. The van der Waals surface area contributed by atoms with Gasteiger partial charge in [0.25, 0.3) is 5.91 Å². The summed E-state index contributed by atoms with van der Waals surface area (Å²) in [5, 5.41) is 3.27. The van der Waals surface area contributed by atoms with E-state index in [0.29, 0.717) is 17.8 Å². The van der Waals surface area contributed by atoms with Crippen LogP contribution in [-0.4, -0.2) is 48.6 Å². The van der Waals surface area contributed by atoms with E-state index in [4.69, 9.17) is 11.6 Å². The fraction of sp³-hybridized carbons (Fsp3) is 0.440. The first-order chi connectivity index (χ1) is 15.9. The first kappa shape index (κ1) is 24.0. The van der Waals surface area contributed by atoms with Crippen LogP contribution in [0, 0.1) is 11.7 Å². The second-order valence-electron chi connectivity index (χ2n) is 8.81. The summed E-state index contributed by atoms with van der Waals surface area (Å²) >= 11 is 7.61. The molecule has 0 aliphatic carbocycles. The molecule has 4 rings (SSSR count). The van der Waals surface area contributed by atoms with Gasteiger partial charge in [0.15, 0.2) is 0 Å². The standard InChI is InChI=1S/C25H29ClFN3O2S/c1-17-5-3-11-29(14-17)12-4-10-28-25(32)18-8-9-23-22(13-18)30(24(31)16-33-23)15-19-20(26)6-2-7-21(19)27/h2,6-9,13,17H,3-5,10-12,14-16H2,1H3,(H,28,32). The lowest BCUT2D eigenvalue weighted by molar-refractivity contribution is -0.116. The minimum Gasteiger partial charge on any atom is -0.352 e. The lowest BCUT2D eigenvalue weighted by atomic mass is 10.0. The Morgan fingerprint density at radius 1 is 1.30 bits per heavy atom. The van der Waals surface area contributed by atoms with Crippen molar-refractivity contribution in [2.75, 3.05) is 36.8 Å². The molecule has 2 heterocycles. The largest absolute Gasteiger partial charge is 0.352 e. The fourth-order valence-corrected chi connectivity index (χ4v) is 5.59. The molecule has 0 saturated carbocycles. The number of fused-ring (bicyclic) bond motifs is 1. The topological polar surface area (TPSA) is 52.7 Å². The van der Waals surface area contributed by atoms with E-state index < -0.39 is 5.82 Å². The Balaban J connectivity index is 1.41. The van der Waals surface area contributed by atoms with Gasteiger partial charge in [-0.25, -0.2) is 4.39 Å². The van der Waals surface area contributed by atoms with Gasteiger partial charge in [-0.15, -0.1) is 11.8 Å². The Bertz CT molecular complexity index is 1010. The van der Waals surface area contributed by atoms with Crippen LogP contribution in [-0.2, 0) is 11.3 Å². The predicted molar refractivity (Wildman–Crippen MR) is 132 cm³/mol. The third-order valence-electron chi connectivity index (χ3n) is 6.22. The highest BCUT2D eigenvalue weighted by atomic mass is 35.5. The molecule has 2 aliphatic heterocycles. The molecule has 8 heteroatoms. The average Bonchev–Trinajstić information content (AvgIpc) is 2.80. The van der Waals surface area contributed by atoms with Crippen molar-refractivity contribution in [3.05, 3.63) is 58.4 Å². The molecule has 2 amide bonds. The van der Waals surface area contributed by atoms with Crippen LogP contribution in [0.4, 0.5) is 10.1 Å². The molecule has 176 valence electrons. The number of thioether (sulfide) groups is 1. The van der Waals surface area contributed by atoms with E-state index in [-0.39, 0.29) is 34.7 Å². The maximum Gasteiger partial charge on any atom is 0.251 e. The third-order valence-corrected chi connectivity index (χ3v) is 7.62. The molecule has 2 aromatic rings. The summed E-state index contributed by atoms with van der Waals surface area (Å²) in [5.41, 5.74) is 1.37. The molecule has 2 aliphatic rings. The number of nitrogens with zero attached hydrogens (tertiary/aromatic N) is 2. The second-order valence-corrected chi connectivity index (χ2v) is 10.2. The number of anilines is 1. The average molecular weight is 490 g/mol. The number of halogens is 2. The number of hydrogen-bond acceptors (Lipinski definition) is 4. The Hall–Kier alpha value is -2.09. The highest BCUT2D eigenvalue weighted by molar-refractivity contribution is 8.00. The highest BCUT2D eigenvalue weighted by Gasteiger charge is 2.27. The molecular formula is C25H29ClFN3O2S. The summed E-state index contributed by atoms with van der Waals surface area (Å²) in [5.74, 6) is 0.246. The molecule has 2 aromatic carbocycles. The Labute approximate surface area is 203 Å². The van der Waals surface area contributed by atoms with E-state index >= 15 is 0 Å². The molecule has 0 bridgehead atoms. The zero-order valence-electron chi connectivity index (χ0n) is 18.8. The zero-order valence-corrected chi connectivity index (χ0v) is 20.4. The zero-order chi connectivity index (χ0) is 23.4. The molecule has 33 heavy (non-hydrogen) atoms. The minimum absolute atomic E-state index is 0.0250. The van der Waals surface area contributed by atoms with Gasteiger partial charge < -0.3 is 15.1 Å². The van der Waals surface area contributed by atoms with Crippen molar-refractivity contribution in [1.29, 1.82) is 0 Å². The lowest BCUT2D eigenvalue weighted by Crippen LogP contribution is -2.37. The quantitative estimate of drug-likeness (QED) is 0.558. The smallest absolute Gasteiger partial charge is 0.251 e. The summed E-state index contributed by atoms with van der Waals surface area (Å²) in [4.78, 5) is 30.3. The van der Waals surface area contributed by atoms with Crippen molar-refractivity contribution in [2.45, 2.75) is 37.6 Å². The number of rotatable bonds is 7. The van der Waals surface area contributed by atoms with Gasteiger partial charge in [0.2, 0.25) is 5.91 Å². The van der Waals surface area contributed by atoms with Gasteiger partial charge in [-0.3, -0.25) is 9.59 Å². The van der Waals surface area contributed by atoms with E-state index in [9.17, 15) is 14.0 Å². The van der Waals surface area contributed by atoms with Crippen molar-refractivity contribution in [1.82, 2.24) is 10.2 Å². The van der Waals surface area contributed by atoms with E-state index in [1.165, 1.54) is 41.6 Å². The minimum atomic E-state index is -0.452. The predicted octanol–water partition coefficient (Wildman–Crippen LogP) is 4.97. The van der Waals surface area contributed by atoms with Gasteiger partial charge in [0, 0.05) is 34.1 Å². The number of nitrogens with one attached hydrogen (secondary N) is 1. The van der Waals surface area contributed by atoms with Crippen LogP contribution < -0.4 is 10.2 Å². The molecular weight excluding hydrogens is 461 g/mol. The first-order valence-corrected chi connectivity index (χ1v) is 12.8. The normalized spacial score (nSPS) is 18.8. The maximum absolute atomic E-state index is 14.3. The second kappa shape index (κ2) is 10.9. The molecule has 0 aromatic heterocycles. The van der Waals surface area contributed by atoms with E-state index in [1.54, 1.807) is 18.2 Å². The van der Waals surface area contributed by atoms with Crippen LogP contribution in [0.3, 0.4) is 0 Å². The molecule has 1 saturated heterocycles. The van der Waals surface area contributed by atoms with E-state index in [0.717, 1.165) is 36.9 Å². The number of carbonyl (C=O) groups is 2.